The Morgan fingerprint density at radius 2 is 1.07 bits per heavy atom. The molecular weight excluding hydrogens is 486 g/mol. The number of nitrogens with zero attached hydrogens (tertiary/aromatic N) is 1. The predicted octanol–water partition coefficient (Wildman–Crippen LogP) is 11.0. The summed E-state index contributed by atoms with van der Waals surface area (Å²) >= 11 is 0. The molecule has 0 N–H and O–H groups in total. The maximum atomic E-state index is 6.31. The van der Waals surface area contributed by atoms with Crippen molar-refractivity contribution in [3.05, 3.63) is 152 Å². The van der Waals surface area contributed by atoms with Crippen LogP contribution in [0.2, 0.25) is 0 Å². The van der Waals surface area contributed by atoms with E-state index < -0.39 is 0 Å². The highest BCUT2D eigenvalue weighted by molar-refractivity contribution is 6.15. The van der Waals surface area contributed by atoms with Crippen molar-refractivity contribution >= 4 is 60.5 Å². The van der Waals surface area contributed by atoms with Gasteiger partial charge in [0, 0.05) is 16.5 Å². The first-order chi connectivity index (χ1) is 19.8. The average molecular weight is 512 g/mol. The lowest BCUT2D eigenvalue weighted by atomic mass is 9.96. The van der Waals surface area contributed by atoms with Gasteiger partial charge in [-0.05, 0) is 75.8 Å². The van der Waals surface area contributed by atoms with Crippen LogP contribution in [0.15, 0.2) is 156 Å². The molecule has 8 rings (SSSR count). The number of anilines is 3. The van der Waals surface area contributed by atoms with E-state index in [1.807, 2.05) is 12.1 Å². The molecule has 0 saturated carbocycles. The maximum Gasteiger partial charge on any atom is 0.137 e. The van der Waals surface area contributed by atoms with Crippen LogP contribution in [0.25, 0.3) is 54.6 Å². The highest BCUT2D eigenvalue weighted by atomic mass is 16.3. The van der Waals surface area contributed by atoms with Gasteiger partial charge in [-0.15, -0.1) is 0 Å². The minimum atomic E-state index is 0.884. The first-order valence-corrected chi connectivity index (χ1v) is 13.6. The third kappa shape index (κ3) is 3.65. The molecule has 1 heterocycles. The minimum Gasteiger partial charge on any atom is -0.456 e. The number of hydrogen-bond donors (Lipinski definition) is 0. The summed E-state index contributed by atoms with van der Waals surface area (Å²) in [5.41, 5.74) is 7.48. The van der Waals surface area contributed by atoms with Crippen LogP contribution in [0.4, 0.5) is 17.1 Å². The van der Waals surface area contributed by atoms with Crippen molar-refractivity contribution in [2.45, 2.75) is 0 Å². The fourth-order valence-corrected chi connectivity index (χ4v) is 5.94. The molecule has 0 aliphatic carbocycles. The first-order valence-electron chi connectivity index (χ1n) is 13.6. The van der Waals surface area contributed by atoms with E-state index in [1.165, 1.54) is 32.7 Å². The highest BCUT2D eigenvalue weighted by Gasteiger charge is 2.21. The lowest BCUT2D eigenvalue weighted by Crippen LogP contribution is -2.11. The Labute approximate surface area is 232 Å². The van der Waals surface area contributed by atoms with Crippen LogP contribution in [0.3, 0.4) is 0 Å². The summed E-state index contributed by atoms with van der Waals surface area (Å²) in [6, 6.07) is 53.9. The number of benzene rings is 7. The third-order valence-corrected chi connectivity index (χ3v) is 7.80. The van der Waals surface area contributed by atoms with Gasteiger partial charge in [0.15, 0.2) is 0 Å². The summed E-state index contributed by atoms with van der Waals surface area (Å²) in [5, 5.41) is 7.11. The van der Waals surface area contributed by atoms with Gasteiger partial charge < -0.3 is 9.32 Å². The van der Waals surface area contributed by atoms with Gasteiger partial charge in [0.1, 0.15) is 11.2 Å². The van der Waals surface area contributed by atoms with Gasteiger partial charge in [-0.3, -0.25) is 0 Å². The van der Waals surface area contributed by atoms with E-state index in [9.17, 15) is 0 Å². The van der Waals surface area contributed by atoms with Gasteiger partial charge in [-0.2, -0.15) is 0 Å². The molecule has 40 heavy (non-hydrogen) atoms. The van der Waals surface area contributed by atoms with E-state index in [4.69, 9.17) is 4.42 Å². The zero-order valence-electron chi connectivity index (χ0n) is 21.8. The van der Waals surface area contributed by atoms with Crippen molar-refractivity contribution < 1.29 is 4.42 Å². The maximum absolute atomic E-state index is 6.31. The number of para-hydroxylation sites is 2. The topological polar surface area (TPSA) is 16.4 Å². The van der Waals surface area contributed by atoms with Crippen molar-refractivity contribution in [2.75, 3.05) is 4.90 Å². The van der Waals surface area contributed by atoms with Crippen LogP contribution in [-0.2, 0) is 0 Å². The summed E-state index contributed by atoms with van der Waals surface area (Å²) in [6.45, 7) is 0. The molecule has 2 nitrogen and oxygen atoms in total. The van der Waals surface area contributed by atoms with Gasteiger partial charge in [0.2, 0.25) is 0 Å². The highest BCUT2D eigenvalue weighted by Crippen LogP contribution is 2.46. The summed E-state index contributed by atoms with van der Waals surface area (Å²) in [4.78, 5) is 2.39. The zero-order chi connectivity index (χ0) is 26.5. The second kappa shape index (κ2) is 9.14. The number of fused-ring (bicyclic) bond motifs is 5. The fraction of sp³-hybridized carbons (Fsp3) is 0. The molecule has 0 atom stereocenters. The van der Waals surface area contributed by atoms with Crippen LogP contribution in [0.1, 0.15) is 0 Å². The summed E-state index contributed by atoms with van der Waals surface area (Å²) in [5.74, 6) is 0. The summed E-state index contributed by atoms with van der Waals surface area (Å²) in [7, 11) is 0. The Kier molecular flexibility index (Phi) is 5.17. The Morgan fingerprint density at radius 3 is 1.95 bits per heavy atom. The van der Waals surface area contributed by atoms with E-state index in [2.05, 4.69) is 144 Å². The van der Waals surface area contributed by atoms with Gasteiger partial charge in [0.25, 0.3) is 0 Å². The summed E-state index contributed by atoms with van der Waals surface area (Å²) < 4.78 is 6.31. The molecule has 0 aliphatic heterocycles. The SMILES string of the molecule is c1ccc(N(c2cc(-c3ccc4ccccc4c3)cc3ccccc23)c2cccc3oc4ccccc4c23)cc1. The molecule has 1 aromatic heterocycles. The van der Waals surface area contributed by atoms with E-state index in [-0.39, 0.29) is 0 Å². The number of hydrogen-bond acceptors (Lipinski definition) is 2. The molecule has 0 spiro atoms. The molecule has 0 fully saturated rings. The monoisotopic (exact) mass is 511 g/mol. The van der Waals surface area contributed by atoms with Crippen LogP contribution in [0.5, 0.6) is 0 Å². The average Bonchev–Trinajstić information content (AvgIpc) is 3.41. The summed E-state index contributed by atoms with van der Waals surface area (Å²) in [6.07, 6.45) is 0. The smallest absolute Gasteiger partial charge is 0.137 e. The van der Waals surface area contributed by atoms with Crippen molar-refractivity contribution in [3.8, 4) is 11.1 Å². The van der Waals surface area contributed by atoms with Crippen molar-refractivity contribution in [1.82, 2.24) is 0 Å². The standard InChI is InChI=1S/C38H25NO/c1-2-14-31(15-3-1)39(34-18-10-20-37-38(34)33-17-8-9-19-36(33)40-37)35-25-30(24-29-13-6-7-16-32(29)35)28-22-21-26-11-4-5-12-27(26)23-28/h1-25H. The zero-order valence-corrected chi connectivity index (χ0v) is 21.8. The van der Waals surface area contributed by atoms with Crippen molar-refractivity contribution in [1.29, 1.82) is 0 Å². The minimum absolute atomic E-state index is 0.884. The second-order valence-electron chi connectivity index (χ2n) is 10.2. The third-order valence-electron chi connectivity index (χ3n) is 7.80. The molecule has 0 saturated heterocycles. The van der Waals surface area contributed by atoms with Gasteiger partial charge in [0.05, 0.1) is 16.8 Å². The van der Waals surface area contributed by atoms with E-state index >= 15 is 0 Å². The molecule has 8 aromatic rings. The largest absolute Gasteiger partial charge is 0.456 e. The van der Waals surface area contributed by atoms with E-state index in [1.54, 1.807) is 0 Å². The van der Waals surface area contributed by atoms with Crippen LogP contribution >= 0.6 is 0 Å². The Hall–Kier alpha value is -5.34. The lowest BCUT2D eigenvalue weighted by Gasteiger charge is -2.28. The molecule has 0 aliphatic rings. The Balaban J connectivity index is 1.45. The second-order valence-corrected chi connectivity index (χ2v) is 10.2. The molecule has 188 valence electrons. The molecule has 2 heteroatoms. The predicted molar refractivity (Wildman–Crippen MR) is 169 cm³/mol. The number of rotatable bonds is 4. The first kappa shape index (κ1) is 22.6. The van der Waals surface area contributed by atoms with E-state index in [0.717, 1.165) is 39.0 Å². The van der Waals surface area contributed by atoms with Crippen LogP contribution in [-0.4, -0.2) is 0 Å². The Morgan fingerprint density at radius 1 is 0.400 bits per heavy atom. The quantitative estimate of drug-likeness (QED) is 0.234. The molecular formula is C38H25NO. The van der Waals surface area contributed by atoms with Crippen molar-refractivity contribution in [2.24, 2.45) is 0 Å². The molecule has 0 bridgehead atoms. The van der Waals surface area contributed by atoms with Gasteiger partial charge in [-0.25, -0.2) is 0 Å². The Bertz CT molecular complexity index is 2170. The molecule has 0 unspecified atom stereocenters. The fourth-order valence-electron chi connectivity index (χ4n) is 5.94. The lowest BCUT2D eigenvalue weighted by molar-refractivity contribution is 0.669. The molecule has 0 radical (unpaired) electrons. The van der Waals surface area contributed by atoms with E-state index in [0.29, 0.717) is 0 Å². The van der Waals surface area contributed by atoms with Crippen LogP contribution in [0, 0.1) is 0 Å². The van der Waals surface area contributed by atoms with Gasteiger partial charge >= 0.3 is 0 Å². The van der Waals surface area contributed by atoms with Gasteiger partial charge in [-0.1, -0.05) is 103 Å². The van der Waals surface area contributed by atoms with Crippen molar-refractivity contribution in [3.63, 3.8) is 0 Å². The number of furan rings is 1. The van der Waals surface area contributed by atoms with Crippen LogP contribution < -0.4 is 4.90 Å². The molecule has 0 amide bonds. The molecule has 7 aromatic carbocycles. The normalized spacial score (nSPS) is 11.5.